The molecule has 0 spiro atoms. The molecule has 0 aromatic heterocycles. The van der Waals surface area contributed by atoms with E-state index >= 15 is 0 Å². The second kappa shape index (κ2) is 5.66. The highest BCUT2D eigenvalue weighted by molar-refractivity contribution is 8.18. The van der Waals surface area contributed by atoms with Gasteiger partial charge in [0.05, 0.1) is 18.6 Å². The number of imide groups is 1. The summed E-state index contributed by atoms with van der Waals surface area (Å²) in [5.74, 6) is 3.46. The van der Waals surface area contributed by atoms with E-state index in [4.69, 9.17) is 20.6 Å². The molecule has 0 atom stereocenters. The number of ether oxygens (including phenoxy) is 3. The summed E-state index contributed by atoms with van der Waals surface area (Å²) in [6, 6.07) is 3.43. The van der Waals surface area contributed by atoms with Crippen LogP contribution in [0.4, 0.5) is 4.79 Å². The van der Waals surface area contributed by atoms with Crippen LogP contribution in [0.2, 0.25) is 0 Å². The quantitative estimate of drug-likeness (QED) is 0.628. The second-order valence-corrected chi connectivity index (χ2v) is 5.42. The maximum atomic E-state index is 12.1. The smallest absolute Gasteiger partial charge is 0.294 e. The van der Waals surface area contributed by atoms with E-state index in [1.165, 1.54) is 7.11 Å². The van der Waals surface area contributed by atoms with Crippen molar-refractivity contribution in [3.63, 3.8) is 0 Å². The molecule has 0 unspecified atom stereocenters. The number of fused-ring (bicyclic) bond motifs is 1. The third-order valence-electron chi connectivity index (χ3n) is 3.10. The van der Waals surface area contributed by atoms with Crippen molar-refractivity contribution in [1.29, 1.82) is 0 Å². The van der Waals surface area contributed by atoms with E-state index in [0.717, 1.165) is 16.7 Å². The first-order valence-electron chi connectivity index (χ1n) is 6.30. The third-order valence-corrected chi connectivity index (χ3v) is 4.01. The summed E-state index contributed by atoms with van der Waals surface area (Å²) in [4.78, 5) is 25.2. The van der Waals surface area contributed by atoms with E-state index in [9.17, 15) is 9.59 Å². The van der Waals surface area contributed by atoms with Gasteiger partial charge in [0.25, 0.3) is 11.1 Å². The predicted octanol–water partition coefficient (Wildman–Crippen LogP) is 2.09. The summed E-state index contributed by atoms with van der Waals surface area (Å²) in [6.07, 6.45) is 6.76. The van der Waals surface area contributed by atoms with Crippen molar-refractivity contribution < 1.29 is 23.8 Å². The van der Waals surface area contributed by atoms with Crippen LogP contribution in [0, 0.1) is 12.3 Å². The van der Waals surface area contributed by atoms with Crippen LogP contribution in [-0.2, 0) is 4.79 Å². The van der Waals surface area contributed by atoms with Crippen LogP contribution >= 0.6 is 11.8 Å². The standard InChI is InChI=1S/C15H11NO5S/c1-3-4-16-14(17)12(22-15(16)18)7-9-5-10(19-2)13-11(6-9)20-8-21-13/h1,5-7H,4,8H2,2H3. The van der Waals surface area contributed by atoms with Gasteiger partial charge in [-0.05, 0) is 35.5 Å². The Morgan fingerprint density at radius 1 is 1.45 bits per heavy atom. The molecule has 0 bridgehead atoms. The Morgan fingerprint density at radius 3 is 3.00 bits per heavy atom. The van der Waals surface area contributed by atoms with Crippen LogP contribution < -0.4 is 14.2 Å². The highest BCUT2D eigenvalue weighted by Crippen LogP contribution is 2.43. The maximum Gasteiger partial charge on any atom is 0.294 e. The van der Waals surface area contributed by atoms with Crippen LogP contribution in [-0.4, -0.2) is 36.5 Å². The number of thioether (sulfide) groups is 1. The number of rotatable bonds is 3. The van der Waals surface area contributed by atoms with E-state index in [-0.39, 0.29) is 18.6 Å². The van der Waals surface area contributed by atoms with Crippen LogP contribution in [0.1, 0.15) is 5.56 Å². The number of methoxy groups -OCH3 is 1. The van der Waals surface area contributed by atoms with Gasteiger partial charge >= 0.3 is 0 Å². The molecule has 0 saturated carbocycles. The van der Waals surface area contributed by atoms with Gasteiger partial charge in [0.1, 0.15) is 0 Å². The summed E-state index contributed by atoms with van der Waals surface area (Å²) in [7, 11) is 1.52. The number of nitrogens with zero attached hydrogens (tertiary/aromatic N) is 1. The summed E-state index contributed by atoms with van der Waals surface area (Å²) < 4.78 is 15.9. The van der Waals surface area contributed by atoms with Gasteiger partial charge in [0.2, 0.25) is 12.5 Å². The molecule has 7 heteroatoms. The summed E-state index contributed by atoms with van der Waals surface area (Å²) in [6.45, 7) is 0.0836. The van der Waals surface area contributed by atoms with E-state index < -0.39 is 5.91 Å². The zero-order valence-corrected chi connectivity index (χ0v) is 12.4. The Balaban J connectivity index is 1.95. The normalized spacial score (nSPS) is 18.0. The molecule has 1 aromatic carbocycles. The number of amides is 2. The molecule has 112 valence electrons. The van der Waals surface area contributed by atoms with Crippen molar-refractivity contribution in [2.24, 2.45) is 0 Å². The van der Waals surface area contributed by atoms with Gasteiger partial charge in [-0.3, -0.25) is 14.5 Å². The van der Waals surface area contributed by atoms with Crippen molar-refractivity contribution in [2.75, 3.05) is 20.4 Å². The molecule has 6 nitrogen and oxygen atoms in total. The average Bonchev–Trinajstić information content (AvgIpc) is 3.07. The molecule has 0 radical (unpaired) electrons. The highest BCUT2D eigenvalue weighted by atomic mass is 32.2. The SMILES string of the molecule is C#CCN1C(=O)SC(=Cc2cc(OC)c3c(c2)OCO3)C1=O. The van der Waals surface area contributed by atoms with Crippen molar-refractivity contribution >= 4 is 29.0 Å². The minimum Gasteiger partial charge on any atom is -0.493 e. The number of hydrogen-bond acceptors (Lipinski definition) is 6. The van der Waals surface area contributed by atoms with Crippen LogP contribution in [0.15, 0.2) is 17.0 Å². The molecule has 1 fully saturated rings. The number of hydrogen-bond donors (Lipinski definition) is 0. The molecule has 2 aliphatic rings. The molecule has 0 aliphatic carbocycles. The zero-order valence-electron chi connectivity index (χ0n) is 11.6. The van der Waals surface area contributed by atoms with E-state index in [1.807, 2.05) is 0 Å². The summed E-state index contributed by atoms with van der Waals surface area (Å²) >= 11 is 0.853. The topological polar surface area (TPSA) is 65.1 Å². The first-order valence-corrected chi connectivity index (χ1v) is 7.12. The van der Waals surface area contributed by atoms with Gasteiger partial charge in [-0.1, -0.05) is 5.92 Å². The summed E-state index contributed by atoms with van der Waals surface area (Å²) in [5.41, 5.74) is 0.673. The van der Waals surface area contributed by atoms with Crippen LogP contribution in [0.25, 0.3) is 6.08 Å². The lowest BCUT2D eigenvalue weighted by molar-refractivity contribution is -0.122. The Morgan fingerprint density at radius 2 is 2.27 bits per heavy atom. The molecule has 22 heavy (non-hydrogen) atoms. The molecule has 2 heterocycles. The lowest BCUT2D eigenvalue weighted by Gasteiger charge is -2.07. The lowest BCUT2D eigenvalue weighted by atomic mass is 10.1. The molecule has 1 saturated heterocycles. The van der Waals surface area contributed by atoms with Crippen LogP contribution in [0.3, 0.4) is 0 Å². The Kier molecular flexibility index (Phi) is 3.69. The van der Waals surface area contributed by atoms with Crippen molar-refractivity contribution in [1.82, 2.24) is 4.90 Å². The first-order chi connectivity index (χ1) is 10.6. The third kappa shape index (κ3) is 2.38. The Hall–Kier alpha value is -2.59. The van der Waals surface area contributed by atoms with Gasteiger partial charge in [0.15, 0.2) is 11.5 Å². The molecule has 2 amide bonds. The fraction of sp³-hybridized carbons (Fsp3) is 0.200. The second-order valence-electron chi connectivity index (χ2n) is 4.43. The van der Waals surface area contributed by atoms with Crippen LogP contribution in [0.5, 0.6) is 17.2 Å². The predicted molar refractivity (Wildman–Crippen MR) is 80.6 cm³/mol. The number of carbonyl (C=O) groups excluding carboxylic acids is 2. The van der Waals surface area contributed by atoms with Gasteiger partial charge in [-0.15, -0.1) is 6.42 Å². The van der Waals surface area contributed by atoms with E-state index in [2.05, 4.69) is 5.92 Å². The molecular formula is C15H11NO5S. The number of carbonyl (C=O) groups is 2. The van der Waals surface area contributed by atoms with Gasteiger partial charge in [-0.25, -0.2) is 0 Å². The van der Waals surface area contributed by atoms with Crippen molar-refractivity contribution in [3.8, 4) is 29.6 Å². The van der Waals surface area contributed by atoms with E-state index in [1.54, 1.807) is 18.2 Å². The fourth-order valence-corrected chi connectivity index (χ4v) is 2.95. The highest BCUT2D eigenvalue weighted by Gasteiger charge is 2.34. The summed E-state index contributed by atoms with van der Waals surface area (Å²) in [5, 5.41) is -0.373. The molecule has 2 aliphatic heterocycles. The fourth-order valence-electron chi connectivity index (χ4n) is 2.11. The van der Waals surface area contributed by atoms with Gasteiger partial charge in [-0.2, -0.15) is 0 Å². The van der Waals surface area contributed by atoms with Gasteiger partial charge in [0, 0.05) is 0 Å². The molecule has 3 rings (SSSR count). The van der Waals surface area contributed by atoms with Crippen molar-refractivity contribution in [3.05, 3.63) is 22.6 Å². The number of benzene rings is 1. The Labute approximate surface area is 131 Å². The van der Waals surface area contributed by atoms with E-state index in [0.29, 0.717) is 27.7 Å². The first kappa shape index (κ1) is 14.4. The largest absolute Gasteiger partial charge is 0.493 e. The van der Waals surface area contributed by atoms with Gasteiger partial charge < -0.3 is 14.2 Å². The maximum absolute atomic E-state index is 12.1. The molecule has 0 N–H and O–H groups in total. The minimum absolute atomic E-state index is 0.0353. The zero-order chi connectivity index (χ0) is 15.7. The minimum atomic E-state index is -0.399. The van der Waals surface area contributed by atoms with Crippen molar-refractivity contribution in [2.45, 2.75) is 0 Å². The molecular weight excluding hydrogens is 306 g/mol. The Bertz CT molecular complexity index is 734. The monoisotopic (exact) mass is 317 g/mol. The number of terminal acetylenes is 1. The lowest BCUT2D eigenvalue weighted by Crippen LogP contribution is -2.28. The average molecular weight is 317 g/mol. The molecule has 1 aromatic rings.